The molecule has 0 radical (unpaired) electrons. The van der Waals surface area contributed by atoms with Crippen LogP contribution in [-0.4, -0.2) is 54.9 Å². The van der Waals surface area contributed by atoms with Crippen molar-refractivity contribution in [2.45, 2.75) is 19.5 Å². The van der Waals surface area contributed by atoms with Crippen molar-refractivity contribution in [1.29, 1.82) is 0 Å². The molecule has 0 fully saturated rings. The first-order valence-corrected chi connectivity index (χ1v) is 9.33. The number of aliphatic carboxylic acids is 1. The van der Waals surface area contributed by atoms with E-state index < -0.39 is 35.4 Å². The second-order valence-electron chi connectivity index (χ2n) is 7.03. The van der Waals surface area contributed by atoms with Crippen molar-refractivity contribution in [3.05, 3.63) is 56.3 Å². The van der Waals surface area contributed by atoms with Crippen molar-refractivity contribution in [3.8, 4) is 5.75 Å². The number of carboxylic acid groups (broad SMARTS) is 1. The third kappa shape index (κ3) is 3.09. The highest BCUT2D eigenvalue weighted by atomic mass is 35.5. The predicted octanol–water partition coefficient (Wildman–Crippen LogP) is 1.46. The summed E-state index contributed by atoms with van der Waals surface area (Å²) in [6.07, 6.45) is -0.520. The summed E-state index contributed by atoms with van der Waals surface area (Å²) in [5, 5.41) is 23.9. The van der Waals surface area contributed by atoms with E-state index in [0.717, 1.165) is 10.7 Å². The van der Waals surface area contributed by atoms with Gasteiger partial charge in [0.15, 0.2) is 11.4 Å². The van der Waals surface area contributed by atoms with Gasteiger partial charge in [-0.2, -0.15) is 5.10 Å². The zero-order valence-corrected chi connectivity index (χ0v) is 16.5. The van der Waals surface area contributed by atoms with Gasteiger partial charge in [-0.3, -0.25) is 14.4 Å². The fourth-order valence-electron chi connectivity index (χ4n) is 3.63. The number of hydrogen-bond acceptors (Lipinski definition) is 5. The standard InChI is InChI=1S/C19H16ClFN4O5/c1-23-4-5-24-15-12(7-13(26)27)22-25(8-9-2-3-11(21)10(20)6-9)18(29)14(15)17(28)16(24)19(23)30/h2-3,6,28H,4-5,7-8H2,1H3,(H,26,27). The van der Waals surface area contributed by atoms with E-state index in [0.29, 0.717) is 12.1 Å². The summed E-state index contributed by atoms with van der Waals surface area (Å²) in [5.74, 6) is -2.80. The number of fused-ring (bicyclic) bond motifs is 3. The maximum Gasteiger partial charge on any atom is 0.309 e. The second kappa shape index (κ2) is 7.13. The van der Waals surface area contributed by atoms with Gasteiger partial charge in [-0.1, -0.05) is 17.7 Å². The highest BCUT2D eigenvalue weighted by Gasteiger charge is 2.33. The molecule has 0 spiro atoms. The largest absolute Gasteiger partial charge is 0.505 e. The summed E-state index contributed by atoms with van der Waals surface area (Å²) in [7, 11) is 1.57. The maximum atomic E-state index is 13.4. The van der Waals surface area contributed by atoms with Crippen molar-refractivity contribution in [2.24, 2.45) is 0 Å². The first-order valence-electron chi connectivity index (χ1n) is 8.95. The van der Waals surface area contributed by atoms with E-state index >= 15 is 0 Å². The molecule has 1 aromatic carbocycles. The molecule has 0 saturated heterocycles. The van der Waals surface area contributed by atoms with Crippen LogP contribution in [0.3, 0.4) is 0 Å². The number of rotatable bonds is 4. The van der Waals surface area contributed by atoms with E-state index in [1.165, 1.54) is 21.6 Å². The molecule has 1 amide bonds. The molecule has 0 atom stereocenters. The van der Waals surface area contributed by atoms with Crippen LogP contribution in [0.15, 0.2) is 23.0 Å². The molecule has 156 valence electrons. The molecule has 2 N–H and O–H groups in total. The first kappa shape index (κ1) is 19.9. The van der Waals surface area contributed by atoms with Gasteiger partial charge in [0.2, 0.25) is 0 Å². The van der Waals surface area contributed by atoms with Gasteiger partial charge >= 0.3 is 5.97 Å². The Hall–Kier alpha value is -3.40. The molecule has 0 saturated carbocycles. The molecule has 3 aromatic rings. The van der Waals surface area contributed by atoms with Crippen LogP contribution in [0, 0.1) is 5.82 Å². The van der Waals surface area contributed by atoms with Crippen LogP contribution in [0.2, 0.25) is 5.02 Å². The summed E-state index contributed by atoms with van der Waals surface area (Å²) >= 11 is 5.79. The lowest BCUT2D eigenvalue weighted by Gasteiger charge is -2.25. The Labute approximate surface area is 173 Å². The molecule has 4 rings (SSSR count). The molecule has 1 aliphatic heterocycles. The molecule has 9 nitrogen and oxygen atoms in total. The van der Waals surface area contributed by atoms with Gasteiger partial charge in [0, 0.05) is 20.1 Å². The van der Waals surface area contributed by atoms with Crippen LogP contribution in [-0.2, 0) is 24.3 Å². The second-order valence-corrected chi connectivity index (χ2v) is 7.43. The molecule has 30 heavy (non-hydrogen) atoms. The van der Waals surface area contributed by atoms with Gasteiger partial charge in [0.05, 0.1) is 29.2 Å². The van der Waals surface area contributed by atoms with Crippen LogP contribution in [0.5, 0.6) is 5.75 Å². The van der Waals surface area contributed by atoms with E-state index in [2.05, 4.69) is 5.10 Å². The fourth-order valence-corrected chi connectivity index (χ4v) is 3.83. The quantitative estimate of drug-likeness (QED) is 0.642. The Kier molecular flexibility index (Phi) is 4.73. The first-order chi connectivity index (χ1) is 14.2. The van der Waals surface area contributed by atoms with E-state index in [9.17, 15) is 29.0 Å². The summed E-state index contributed by atoms with van der Waals surface area (Å²) in [4.78, 5) is 38.5. The van der Waals surface area contributed by atoms with Crippen LogP contribution >= 0.6 is 11.6 Å². The summed E-state index contributed by atoms with van der Waals surface area (Å²) in [6.45, 7) is 0.480. The Morgan fingerprint density at radius 3 is 2.70 bits per heavy atom. The number of hydrogen-bond donors (Lipinski definition) is 2. The van der Waals surface area contributed by atoms with Gasteiger partial charge in [0.25, 0.3) is 11.5 Å². The number of halogens is 2. The number of carbonyl (C=O) groups is 2. The maximum absolute atomic E-state index is 13.4. The minimum atomic E-state index is -1.19. The minimum Gasteiger partial charge on any atom is -0.505 e. The third-order valence-electron chi connectivity index (χ3n) is 5.04. The number of carboxylic acids is 1. The molecule has 0 bridgehead atoms. The van der Waals surface area contributed by atoms with Crippen molar-refractivity contribution >= 4 is 34.4 Å². The van der Waals surface area contributed by atoms with Gasteiger partial charge in [0.1, 0.15) is 11.2 Å². The molecule has 0 unspecified atom stereocenters. The van der Waals surface area contributed by atoms with Crippen molar-refractivity contribution in [3.63, 3.8) is 0 Å². The van der Waals surface area contributed by atoms with Gasteiger partial charge in [-0.25, -0.2) is 9.07 Å². The Bertz CT molecular complexity index is 1280. The Morgan fingerprint density at radius 1 is 1.30 bits per heavy atom. The number of benzene rings is 1. The zero-order valence-electron chi connectivity index (χ0n) is 15.7. The molecular formula is C19H16ClFN4O5. The Morgan fingerprint density at radius 2 is 2.03 bits per heavy atom. The lowest BCUT2D eigenvalue weighted by Crippen LogP contribution is -2.37. The molecule has 3 heterocycles. The number of aromatic nitrogens is 3. The van der Waals surface area contributed by atoms with Gasteiger partial charge in [-0.05, 0) is 17.7 Å². The fraction of sp³-hybridized carbons (Fsp3) is 0.263. The topological polar surface area (TPSA) is 118 Å². The van der Waals surface area contributed by atoms with Crippen molar-refractivity contribution < 1.29 is 24.2 Å². The van der Waals surface area contributed by atoms with Crippen LogP contribution in [0.25, 0.3) is 10.9 Å². The molecule has 11 heteroatoms. The summed E-state index contributed by atoms with van der Waals surface area (Å²) < 4.78 is 15.9. The van der Waals surface area contributed by atoms with Gasteiger partial charge < -0.3 is 19.7 Å². The lowest BCUT2D eigenvalue weighted by molar-refractivity contribution is -0.136. The van der Waals surface area contributed by atoms with Crippen molar-refractivity contribution in [1.82, 2.24) is 19.2 Å². The zero-order chi connectivity index (χ0) is 21.7. The van der Waals surface area contributed by atoms with Crippen LogP contribution < -0.4 is 5.56 Å². The normalized spacial score (nSPS) is 13.7. The highest BCUT2D eigenvalue weighted by Crippen LogP contribution is 2.34. The smallest absolute Gasteiger partial charge is 0.309 e. The number of amides is 1. The number of carbonyl (C=O) groups excluding carboxylic acids is 1. The molecule has 1 aliphatic rings. The monoisotopic (exact) mass is 434 g/mol. The van der Waals surface area contributed by atoms with E-state index in [-0.39, 0.29) is 40.4 Å². The third-order valence-corrected chi connectivity index (χ3v) is 5.33. The van der Waals surface area contributed by atoms with E-state index in [1.54, 1.807) is 7.05 Å². The number of likely N-dealkylation sites (N-methyl/N-ethyl adjacent to an activating group) is 1. The average Bonchev–Trinajstić information content (AvgIpc) is 2.98. The van der Waals surface area contributed by atoms with E-state index in [1.807, 2.05) is 0 Å². The number of nitrogens with zero attached hydrogens (tertiary/aromatic N) is 4. The average molecular weight is 435 g/mol. The summed E-state index contributed by atoms with van der Waals surface area (Å²) in [6, 6.07) is 3.89. The van der Waals surface area contributed by atoms with Crippen LogP contribution in [0.1, 0.15) is 21.7 Å². The minimum absolute atomic E-state index is 0.0317. The predicted molar refractivity (Wildman–Crippen MR) is 104 cm³/mol. The molecule has 2 aromatic heterocycles. The highest BCUT2D eigenvalue weighted by molar-refractivity contribution is 6.30. The van der Waals surface area contributed by atoms with Crippen LogP contribution in [0.4, 0.5) is 4.39 Å². The van der Waals surface area contributed by atoms with E-state index in [4.69, 9.17) is 11.6 Å². The number of aromatic hydroxyl groups is 1. The van der Waals surface area contributed by atoms with Gasteiger partial charge in [-0.15, -0.1) is 0 Å². The lowest BCUT2D eigenvalue weighted by atomic mass is 10.2. The van der Waals surface area contributed by atoms with Crippen molar-refractivity contribution in [2.75, 3.05) is 13.6 Å². The Balaban J connectivity index is 1.97. The SMILES string of the molecule is CN1CCn2c(c(O)c3c(=O)n(Cc4ccc(F)c(Cl)c4)nc(CC(=O)O)c32)C1=O. The summed E-state index contributed by atoms with van der Waals surface area (Å²) in [5.41, 5.74) is -0.161. The molecule has 0 aliphatic carbocycles. The molecular weight excluding hydrogens is 419 g/mol.